The standard InChI is InChI=1S/C12H23N3O/c1-10(2)9-15-12(6-7-13-15)14-11(3)5-4-8-16/h6-7,10-11,14,16H,4-5,8-9H2,1-3H3. The molecule has 2 N–H and O–H groups in total. The van der Waals surface area contributed by atoms with Crippen LogP contribution in [0.1, 0.15) is 33.6 Å². The van der Waals surface area contributed by atoms with Gasteiger partial charge in [-0.05, 0) is 25.7 Å². The van der Waals surface area contributed by atoms with Gasteiger partial charge in [-0.15, -0.1) is 0 Å². The number of aliphatic hydroxyl groups is 1. The largest absolute Gasteiger partial charge is 0.396 e. The van der Waals surface area contributed by atoms with Crippen LogP contribution in [0.2, 0.25) is 0 Å². The normalized spacial score (nSPS) is 13.1. The quantitative estimate of drug-likeness (QED) is 0.747. The van der Waals surface area contributed by atoms with Crippen molar-refractivity contribution in [2.75, 3.05) is 11.9 Å². The van der Waals surface area contributed by atoms with Gasteiger partial charge in [-0.25, -0.2) is 4.68 Å². The molecule has 92 valence electrons. The maximum atomic E-state index is 8.77. The SMILES string of the molecule is CC(C)Cn1nccc1NC(C)CCCO. The second-order valence-electron chi connectivity index (χ2n) is 4.70. The molecule has 0 aliphatic rings. The Kier molecular flexibility index (Phi) is 5.32. The molecule has 0 saturated carbocycles. The third-order valence-corrected chi connectivity index (χ3v) is 2.44. The van der Waals surface area contributed by atoms with Crippen LogP contribution < -0.4 is 5.32 Å². The minimum absolute atomic E-state index is 0.261. The zero-order valence-electron chi connectivity index (χ0n) is 10.5. The van der Waals surface area contributed by atoms with Crippen molar-refractivity contribution in [2.45, 2.75) is 46.2 Å². The van der Waals surface area contributed by atoms with Crippen molar-refractivity contribution in [3.05, 3.63) is 12.3 Å². The van der Waals surface area contributed by atoms with Crippen molar-refractivity contribution < 1.29 is 5.11 Å². The lowest BCUT2D eigenvalue weighted by atomic mass is 10.2. The molecule has 4 heteroatoms. The third kappa shape index (κ3) is 4.23. The summed E-state index contributed by atoms with van der Waals surface area (Å²) < 4.78 is 2.00. The first-order chi connectivity index (χ1) is 7.63. The lowest BCUT2D eigenvalue weighted by molar-refractivity contribution is 0.282. The van der Waals surface area contributed by atoms with Gasteiger partial charge in [0, 0.05) is 25.3 Å². The molecule has 0 aromatic carbocycles. The van der Waals surface area contributed by atoms with E-state index in [0.717, 1.165) is 25.2 Å². The Morgan fingerprint density at radius 2 is 2.19 bits per heavy atom. The third-order valence-electron chi connectivity index (χ3n) is 2.44. The van der Waals surface area contributed by atoms with Crippen molar-refractivity contribution in [1.29, 1.82) is 0 Å². The zero-order chi connectivity index (χ0) is 12.0. The Balaban J connectivity index is 2.49. The van der Waals surface area contributed by atoms with E-state index in [9.17, 15) is 0 Å². The highest BCUT2D eigenvalue weighted by Crippen LogP contribution is 2.12. The molecule has 1 heterocycles. The van der Waals surface area contributed by atoms with E-state index >= 15 is 0 Å². The van der Waals surface area contributed by atoms with Crippen LogP contribution in [-0.4, -0.2) is 27.5 Å². The first-order valence-electron chi connectivity index (χ1n) is 6.02. The van der Waals surface area contributed by atoms with Gasteiger partial charge in [-0.3, -0.25) is 0 Å². The molecular weight excluding hydrogens is 202 g/mol. The van der Waals surface area contributed by atoms with Gasteiger partial charge in [-0.1, -0.05) is 13.8 Å². The van der Waals surface area contributed by atoms with E-state index in [1.165, 1.54) is 0 Å². The fourth-order valence-electron chi connectivity index (χ4n) is 1.67. The molecule has 1 aromatic heterocycles. The molecule has 0 bridgehead atoms. The monoisotopic (exact) mass is 225 g/mol. The van der Waals surface area contributed by atoms with Crippen LogP contribution in [0, 0.1) is 5.92 Å². The second-order valence-corrected chi connectivity index (χ2v) is 4.70. The van der Waals surface area contributed by atoms with E-state index in [-0.39, 0.29) is 6.61 Å². The highest BCUT2D eigenvalue weighted by Gasteiger charge is 2.07. The molecule has 0 spiro atoms. The smallest absolute Gasteiger partial charge is 0.124 e. The first-order valence-corrected chi connectivity index (χ1v) is 6.02. The van der Waals surface area contributed by atoms with Crippen LogP contribution in [0.4, 0.5) is 5.82 Å². The van der Waals surface area contributed by atoms with Gasteiger partial charge in [-0.2, -0.15) is 5.10 Å². The van der Waals surface area contributed by atoms with E-state index in [0.29, 0.717) is 12.0 Å². The van der Waals surface area contributed by atoms with Gasteiger partial charge in [0.2, 0.25) is 0 Å². The van der Waals surface area contributed by atoms with E-state index in [4.69, 9.17) is 5.11 Å². The van der Waals surface area contributed by atoms with Gasteiger partial charge in [0.25, 0.3) is 0 Å². The van der Waals surface area contributed by atoms with E-state index in [2.05, 4.69) is 31.2 Å². The Morgan fingerprint density at radius 1 is 1.44 bits per heavy atom. The average molecular weight is 225 g/mol. The molecule has 4 nitrogen and oxygen atoms in total. The predicted molar refractivity (Wildman–Crippen MR) is 66.5 cm³/mol. The van der Waals surface area contributed by atoms with Gasteiger partial charge in [0.05, 0.1) is 6.20 Å². The van der Waals surface area contributed by atoms with Crippen LogP contribution in [0.5, 0.6) is 0 Å². The molecular formula is C12H23N3O. The van der Waals surface area contributed by atoms with Gasteiger partial charge >= 0.3 is 0 Å². The maximum Gasteiger partial charge on any atom is 0.124 e. The number of hydrogen-bond donors (Lipinski definition) is 2. The van der Waals surface area contributed by atoms with Crippen molar-refractivity contribution >= 4 is 5.82 Å². The minimum Gasteiger partial charge on any atom is -0.396 e. The maximum absolute atomic E-state index is 8.77. The first kappa shape index (κ1) is 13.0. The van der Waals surface area contributed by atoms with Gasteiger partial charge in [0.15, 0.2) is 0 Å². The number of aromatic nitrogens is 2. The Bertz CT molecular complexity index is 296. The Morgan fingerprint density at radius 3 is 2.81 bits per heavy atom. The molecule has 1 unspecified atom stereocenters. The van der Waals surface area contributed by atoms with Crippen LogP contribution in [0.3, 0.4) is 0 Å². The van der Waals surface area contributed by atoms with Crippen molar-refractivity contribution in [3.8, 4) is 0 Å². The fraction of sp³-hybridized carbons (Fsp3) is 0.750. The Labute approximate surface area is 97.7 Å². The van der Waals surface area contributed by atoms with E-state index in [1.807, 2.05) is 16.9 Å². The van der Waals surface area contributed by atoms with Crippen LogP contribution in [0.15, 0.2) is 12.3 Å². The Hall–Kier alpha value is -1.03. The minimum atomic E-state index is 0.261. The molecule has 0 saturated heterocycles. The number of aliphatic hydroxyl groups excluding tert-OH is 1. The highest BCUT2D eigenvalue weighted by atomic mass is 16.2. The zero-order valence-corrected chi connectivity index (χ0v) is 10.5. The average Bonchev–Trinajstić information content (AvgIpc) is 2.62. The lowest BCUT2D eigenvalue weighted by Gasteiger charge is -2.16. The molecule has 16 heavy (non-hydrogen) atoms. The summed E-state index contributed by atoms with van der Waals surface area (Å²) in [6.45, 7) is 7.68. The lowest BCUT2D eigenvalue weighted by Crippen LogP contribution is -2.19. The molecule has 1 aromatic rings. The number of nitrogens with zero attached hydrogens (tertiary/aromatic N) is 2. The molecule has 0 amide bonds. The molecule has 1 atom stereocenters. The topological polar surface area (TPSA) is 50.1 Å². The number of rotatable bonds is 7. The van der Waals surface area contributed by atoms with Crippen LogP contribution in [0.25, 0.3) is 0 Å². The molecule has 0 fully saturated rings. The summed E-state index contributed by atoms with van der Waals surface area (Å²) in [7, 11) is 0. The predicted octanol–water partition coefficient (Wildman–Crippen LogP) is 2.11. The summed E-state index contributed by atoms with van der Waals surface area (Å²) >= 11 is 0. The summed E-state index contributed by atoms with van der Waals surface area (Å²) in [4.78, 5) is 0. The molecule has 0 aliphatic carbocycles. The summed E-state index contributed by atoms with van der Waals surface area (Å²) in [5.74, 6) is 1.66. The molecule has 0 aliphatic heterocycles. The van der Waals surface area contributed by atoms with Gasteiger partial charge < -0.3 is 10.4 Å². The fourth-order valence-corrected chi connectivity index (χ4v) is 1.67. The highest BCUT2D eigenvalue weighted by molar-refractivity contribution is 5.34. The van der Waals surface area contributed by atoms with Crippen molar-refractivity contribution in [3.63, 3.8) is 0 Å². The second kappa shape index (κ2) is 6.53. The number of hydrogen-bond acceptors (Lipinski definition) is 3. The summed E-state index contributed by atoms with van der Waals surface area (Å²) in [5, 5.41) is 16.5. The van der Waals surface area contributed by atoms with Gasteiger partial charge in [0.1, 0.15) is 5.82 Å². The van der Waals surface area contributed by atoms with Crippen LogP contribution in [-0.2, 0) is 6.54 Å². The number of anilines is 1. The van der Waals surface area contributed by atoms with Crippen molar-refractivity contribution in [1.82, 2.24) is 9.78 Å². The molecule has 0 radical (unpaired) electrons. The summed E-state index contributed by atoms with van der Waals surface area (Å²) in [5.41, 5.74) is 0. The van der Waals surface area contributed by atoms with Crippen molar-refractivity contribution in [2.24, 2.45) is 5.92 Å². The molecule has 1 rings (SSSR count). The number of nitrogens with one attached hydrogen (secondary N) is 1. The van der Waals surface area contributed by atoms with E-state index < -0.39 is 0 Å². The summed E-state index contributed by atoms with van der Waals surface area (Å²) in [6.07, 6.45) is 3.64. The van der Waals surface area contributed by atoms with E-state index in [1.54, 1.807) is 0 Å². The van der Waals surface area contributed by atoms with Crippen LogP contribution >= 0.6 is 0 Å². The summed E-state index contributed by atoms with van der Waals surface area (Å²) in [6, 6.07) is 2.37.